The zero-order chi connectivity index (χ0) is 18.6. The highest BCUT2D eigenvalue weighted by molar-refractivity contribution is 5.91. The first-order valence-electron chi connectivity index (χ1n) is 10.2. The van der Waals surface area contributed by atoms with E-state index in [2.05, 4.69) is 17.4 Å². The van der Waals surface area contributed by atoms with Crippen LogP contribution in [0.4, 0.5) is 0 Å². The fraction of sp³-hybridized carbons (Fsp3) is 0.478. The molecule has 2 atom stereocenters. The molecule has 4 rings (SSSR count). The second-order valence-electron chi connectivity index (χ2n) is 8.02. The highest BCUT2D eigenvalue weighted by Gasteiger charge is 2.32. The molecule has 0 spiro atoms. The maximum atomic E-state index is 12.6. The van der Waals surface area contributed by atoms with Gasteiger partial charge >= 0.3 is 0 Å². The van der Waals surface area contributed by atoms with Gasteiger partial charge in [0.15, 0.2) is 0 Å². The monoisotopic (exact) mass is 364 g/mol. The van der Waals surface area contributed by atoms with E-state index in [4.69, 9.17) is 0 Å². The van der Waals surface area contributed by atoms with Gasteiger partial charge in [-0.25, -0.2) is 0 Å². The maximum Gasteiger partial charge on any atom is 0.241 e. The Bertz CT molecular complexity index is 827. The summed E-state index contributed by atoms with van der Waals surface area (Å²) in [5.41, 5.74) is 1.00. The number of amides is 2. The van der Waals surface area contributed by atoms with Crippen molar-refractivity contribution < 1.29 is 9.59 Å². The fourth-order valence-electron chi connectivity index (χ4n) is 4.80. The fourth-order valence-corrected chi connectivity index (χ4v) is 4.80. The molecule has 2 aromatic rings. The van der Waals surface area contributed by atoms with Gasteiger partial charge < -0.3 is 10.2 Å². The normalized spacial score (nSPS) is 22.3. The van der Waals surface area contributed by atoms with Gasteiger partial charge in [-0.05, 0) is 41.0 Å². The lowest BCUT2D eigenvalue weighted by atomic mass is 9.75. The molecule has 4 heteroatoms. The summed E-state index contributed by atoms with van der Waals surface area (Å²) < 4.78 is 0. The second kappa shape index (κ2) is 8.12. The van der Waals surface area contributed by atoms with Crippen LogP contribution < -0.4 is 5.32 Å². The van der Waals surface area contributed by atoms with Crippen LogP contribution in [0.5, 0.6) is 0 Å². The Labute approximate surface area is 160 Å². The number of piperidine rings is 1. The van der Waals surface area contributed by atoms with Crippen LogP contribution in [0, 0.1) is 11.8 Å². The van der Waals surface area contributed by atoms with Gasteiger partial charge in [0.05, 0.1) is 13.0 Å². The molecule has 1 aliphatic heterocycles. The van der Waals surface area contributed by atoms with E-state index in [-0.39, 0.29) is 18.4 Å². The van der Waals surface area contributed by atoms with Crippen LogP contribution in [0.15, 0.2) is 42.5 Å². The van der Waals surface area contributed by atoms with Crippen molar-refractivity contribution >= 4 is 22.6 Å². The van der Waals surface area contributed by atoms with Crippen molar-refractivity contribution in [3.8, 4) is 0 Å². The number of benzene rings is 2. The lowest BCUT2D eigenvalue weighted by Crippen LogP contribution is -2.48. The standard InChI is InChI=1S/C23H28N2O2/c26-22(14-19-10-5-9-18-7-3-4-11-21(18)19)24-15-23(27)25-13-12-17-6-1-2-8-20(17)16-25/h3-5,7,9-11,17,20H,1-2,6,8,12-16H2,(H,24,26)/t17-,20+/m1/s1. The number of hydrogen-bond acceptors (Lipinski definition) is 2. The summed E-state index contributed by atoms with van der Waals surface area (Å²) in [5, 5.41) is 5.07. The van der Waals surface area contributed by atoms with Gasteiger partial charge in [0.2, 0.25) is 11.8 Å². The summed E-state index contributed by atoms with van der Waals surface area (Å²) in [4.78, 5) is 26.9. The quantitative estimate of drug-likeness (QED) is 0.902. The summed E-state index contributed by atoms with van der Waals surface area (Å²) in [5.74, 6) is 1.45. The molecule has 2 aromatic carbocycles. The number of nitrogens with one attached hydrogen (secondary N) is 1. The molecule has 1 aliphatic carbocycles. The summed E-state index contributed by atoms with van der Waals surface area (Å²) in [6, 6.07) is 14.1. The Balaban J connectivity index is 1.30. The average molecular weight is 364 g/mol. The SMILES string of the molecule is O=C(Cc1cccc2ccccc12)NCC(=O)N1CC[C@H]2CCCC[C@H]2C1. The molecule has 2 fully saturated rings. The highest BCUT2D eigenvalue weighted by Crippen LogP contribution is 2.35. The number of carbonyl (C=O) groups excluding carboxylic acids is 2. The van der Waals surface area contributed by atoms with Gasteiger partial charge in [-0.2, -0.15) is 0 Å². The van der Waals surface area contributed by atoms with Crippen LogP contribution in [-0.4, -0.2) is 36.3 Å². The average Bonchev–Trinajstić information content (AvgIpc) is 2.72. The van der Waals surface area contributed by atoms with Crippen molar-refractivity contribution in [3.05, 3.63) is 48.0 Å². The van der Waals surface area contributed by atoms with E-state index >= 15 is 0 Å². The van der Waals surface area contributed by atoms with Gasteiger partial charge in [-0.15, -0.1) is 0 Å². The Morgan fingerprint density at radius 3 is 2.63 bits per heavy atom. The third-order valence-corrected chi connectivity index (χ3v) is 6.31. The molecule has 2 aliphatic rings. The first-order valence-corrected chi connectivity index (χ1v) is 10.2. The van der Waals surface area contributed by atoms with Crippen LogP contribution >= 0.6 is 0 Å². The topological polar surface area (TPSA) is 49.4 Å². The lowest BCUT2D eigenvalue weighted by Gasteiger charge is -2.41. The predicted octanol–water partition coefficient (Wildman–Crippen LogP) is 3.54. The summed E-state index contributed by atoms with van der Waals surface area (Å²) in [6.07, 6.45) is 6.65. The summed E-state index contributed by atoms with van der Waals surface area (Å²) >= 11 is 0. The first-order chi connectivity index (χ1) is 13.2. The van der Waals surface area contributed by atoms with E-state index in [1.807, 2.05) is 35.2 Å². The minimum Gasteiger partial charge on any atom is -0.347 e. The zero-order valence-electron chi connectivity index (χ0n) is 15.8. The predicted molar refractivity (Wildman–Crippen MR) is 107 cm³/mol. The van der Waals surface area contributed by atoms with Gasteiger partial charge in [0.1, 0.15) is 0 Å². The molecule has 142 valence electrons. The summed E-state index contributed by atoms with van der Waals surface area (Å²) in [6.45, 7) is 1.84. The molecule has 0 bridgehead atoms. The maximum absolute atomic E-state index is 12.6. The van der Waals surface area contributed by atoms with Crippen LogP contribution in [0.2, 0.25) is 0 Å². The van der Waals surface area contributed by atoms with E-state index in [9.17, 15) is 9.59 Å². The largest absolute Gasteiger partial charge is 0.347 e. The smallest absolute Gasteiger partial charge is 0.241 e. The van der Waals surface area contributed by atoms with E-state index in [1.54, 1.807) is 0 Å². The molecule has 1 N–H and O–H groups in total. The van der Waals surface area contributed by atoms with Crippen molar-refractivity contribution in [2.24, 2.45) is 11.8 Å². The van der Waals surface area contributed by atoms with Crippen LogP contribution in [0.25, 0.3) is 10.8 Å². The van der Waals surface area contributed by atoms with Crippen LogP contribution in [0.1, 0.15) is 37.7 Å². The minimum absolute atomic E-state index is 0.0605. The van der Waals surface area contributed by atoms with Crippen molar-refractivity contribution in [2.45, 2.75) is 38.5 Å². The molecule has 2 amide bonds. The Morgan fingerprint density at radius 1 is 0.963 bits per heavy atom. The Morgan fingerprint density at radius 2 is 1.74 bits per heavy atom. The lowest BCUT2D eigenvalue weighted by molar-refractivity contribution is -0.135. The van der Waals surface area contributed by atoms with Crippen molar-refractivity contribution in [1.82, 2.24) is 10.2 Å². The molecular weight excluding hydrogens is 336 g/mol. The van der Waals surface area contributed by atoms with E-state index in [1.165, 1.54) is 25.7 Å². The number of nitrogens with zero attached hydrogens (tertiary/aromatic N) is 1. The Kier molecular flexibility index (Phi) is 5.42. The van der Waals surface area contributed by atoms with Crippen molar-refractivity contribution in [2.75, 3.05) is 19.6 Å². The van der Waals surface area contributed by atoms with Crippen molar-refractivity contribution in [3.63, 3.8) is 0 Å². The van der Waals surface area contributed by atoms with Crippen molar-refractivity contribution in [1.29, 1.82) is 0 Å². The van der Waals surface area contributed by atoms with E-state index in [0.717, 1.165) is 41.8 Å². The third kappa shape index (κ3) is 4.15. The molecule has 4 nitrogen and oxygen atoms in total. The third-order valence-electron chi connectivity index (χ3n) is 6.31. The van der Waals surface area contributed by atoms with E-state index in [0.29, 0.717) is 12.3 Å². The molecular formula is C23H28N2O2. The molecule has 0 unspecified atom stereocenters. The minimum atomic E-state index is -0.0905. The van der Waals surface area contributed by atoms with Crippen LogP contribution in [0.3, 0.4) is 0 Å². The van der Waals surface area contributed by atoms with Gasteiger partial charge in [-0.3, -0.25) is 9.59 Å². The second-order valence-corrected chi connectivity index (χ2v) is 8.02. The molecule has 0 radical (unpaired) electrons. The van der Waals surface area contributed by atoms with Crippen LogP contribution in [-0.2, 0) is 16.0 Å². The number of hydrogen-bond donors (Lipinski definition) is 1. The zero-order valence-corrected chi connectivity index (χ0v) is 15.8. The molecule has 1 heterocycles. The Hall–Kier alpha value is -2.36. The number of likely N-dealkylation sites (tertiary alicyclic amines) is 1. The number of rotatable bonds is 4. The molecule has 1 saturated heterocycles. The highest BCUT2D eigenvalue weighted by atomic mass is 16.2. The van der Waals surface area contributed by atoms with Gasteiger partial charge in [0.25, 0.3) is 0 Å². The van der Waals surface area contributed by atoms with E-state index < -0.39 is 0 Å². The molecule has 27 heavy (non-hydrogen) atoms. The number of carbonyl (C=O) groups is 2. The first kappa shape index (κ1) is 18.0. The van der Waals surface area contributed by atoms with Gasteiger partial charge in [-0.1, -0.05) is 61.7 Å². The van der Waals surface area contributed by atoms with Gasteiger partial charge in [0, 0.05) is 13.1 Å². The molecule has 0 aromatic heterocycles. The summed E-state index contributed by atoms with van der Waals surface area (Å²) in [7, 11) is 0. The molecule has 1 saturated carbocycles. The number of fused-ring (bicyclic) bond motifs is 2.